The van der Waals surface area contributed by atoms with E-state index >= 15 is 0 Å². The average Bonchev–Trinajstić information content (AvgIpc) is 1.63. The van der Waals surface area contributed by atoms with E-state index in [1.807, 2.05) is 44.2 Å². The molecule has 5 heterocycles. The monoisotopic (exact) mass is 1290 g/mol. The molecule has 8 bridgehead atoms. The van der Waals surface area contributed by atoms with E-state index in [9.17, 15) is 49.5 Å². The second kappa shape index (κ2) is 24.5. The lowest BCUT2D eigenvalue weighted by Gasteiger charge is -2.75. The Morgan fingerprint density at radius 3 is 1.73 bits per heavy atom. The summed E-state index contributed by atoms with van der Waals surface area (Å²) in [6.45, 7) is 17.8. The molecule has 8 aliphatic carbocycles. The van der Waals surface area contributed by atoms with Gasteiger partial charge in [-0.25, -0.2) is 0 Å². The van der Waals surface area contributed by atoms with Gasteiger partial charge in [0.25, 0.3) is 0 Å². The maximum Gasteiger partial charge on any atom is 0.308 e. The molecule has 12 fully saturated rings. The third kappa shape index (κ3) is 10.0. The van der Waals surface area contributed by atoms with Gasteiger partial charge in [0.15, 0.2) is 11.6 Å². The zero-order valence-corrected chi connectivity index (χ0v) is 54.3. The molecule has 4 saturated heterocycles. The molecule has 488 valence electrons. The number of unbranched alkanes of at least 4 members (excludes halogenated alkanes) is 6. The number of esters is 3. The fourth-order valence-corrected chi connectivity index (χ4v) is 22.6. The maximum absolute atomic E-state index is 14.9. The van der Waals surface area contributed by atoms with E-state index < -0.39 is 146 Å². The molecule has 1 aromatic carbocycles. The standard InChI is InChI=1S/C68H90O18S3/c1-38-42-19-21-45-63-36-84-67(77,57(75)53(63)61(3,4)28-25-47(63)69)65(45,55(38)73)59(42)83-34-27-50(71)82-33-14-10-8-12-31-80-48-26-29-62(5,6)54-58(76)68(78)66-46(64(48,54)37-85-68)22-20-43(39(2)56(66)74)60(66)86-51(72)24-23-49(70)81-32-13-9-7-11-30-79-41-17-15-40(16-18-41)44-35-52(87)89-88-44/h15-18,35,42-43,45-48,53-54,57-60,69,75-78H,1-2,7-14,19-34,36-37H2,3-6H3/t42-,43-,45-,46-,47-,48-,53+,54+,57-,58-,59+,60+,63+,64+,65-,66-,67-,68-/m0/s1. The van der Waals surface area contributed by atoms with Gasteiger partial charge in [0, 0.05) is 46.0 Å². The van der Waals surface area contributed by atoms with Gasteiger partial charge in [-0.2, -0.15) is 0 Å². The highest BCUT2D eigenvalue weighted by Crippen LogP contribution is 2.79. The Bertz CT molecular complexity index is 3140. The van der Waals surface area contributed by atoms with Crippen LogP contribution in [0.25, 0.3) is 10.4 Å². The van der Waals surface area contributed by atoms with Crippen molar-refractivity contribution in [2.75, 3.05) is 46.2 Å². The molecule has 4 aliphatic heterocycles. The molecule has 12 aliphatic rings. The molecule has 2 aromatic rings. The Morgan fingerprint density at radius 1 is 0.607 bits per heavy atom. The SMILES string of the molecule is C=C1C(=O)[C@]23[C@H](OCCC(=O)OCCCCCCO[C@H]4CCC(C)(C)[C@H]5[C@H](O)[C@]6(O)OC[C@@]45[C@@H]4CC[C@H]5C(=C)C(=O)[C@]46[C@@H]5OC(=O)CCC(=O)OCCCCCCOc4ccc(-c5cc(=S)ss5)cc4)[C@H]1CC[C@H]2[C@@]12CO[C@@]3(O)[C@@H](O)[C@@H]1C(C)(C)CC[C@@H]2O. The van der Waals surface area contributed by atoms with Crippen LogP contribution in [0.2, 0.25) is 0 Å². The molecule has 89 heavy (non-hydrogen) atoms. The molecule has 8 saturated carbocycles. The van der Waals surface area contributed by atoms with Crippen molar-refractivity contribution in [1.29, 1.82) is 0 Å². The van der Waals surface area contributed by atoms with Crippen molar-refractivity contribution in [3.05, 3.63) is 58.5 Å². The first-order valence-electron chi connectivity index (χ1n) is 32.7. The summed E-state index contributed by atoms with van der Waals surface area (Å²) in [5, 5.41) is 61.8. The van der Waals surface area contributed by atoms with Crippen molar-refractivity contribution in [3.63, 3.8) is 0 Å². The van der Waals surface area contributed by atoms with Crippen molar-refractivity contribution in [2.24, 2.45) is 68.0 Å². The second-order valence-electron chi connectivity index (χ2n) is 29.0. The zero-order valence-electron chi connectivity index (χ0n) is 51.9. The van der Waals surface area contributed by atoms with Crippen LogP contribution in [-0.2, 0) is 57.1 Å². The number of aliphatic hydroxyl groups excluding tert-OH is 3. The van der Waals surface area contributed by atoms with E-state index in [4.69, 9.17) is 50.1 Å². The molecule has 21 heteroatoms. The van der Waals surface area contributed by atoms with Crippen LogP contribution in [0, 0.1) is 71.8 Å². The van der Waals surface area contributed by atoms with E-state index in [2.05, 4.69) is 27.0 Å². The average molecular weight is 1290 g/mol. The summed E-state index contributed by atoms with van der Waals surface area (Å²) in [5.74, 6) is -9.67. The molecule has 0 amide bonds. The summed E-state index contributed by atoms with van der Waals surface area (Å²) in [7, 11) is 3.24. The van der Waals surface area contributed by atoms with Crippen LogP contribution in [0.3, 0.4) is 0 Å². The number of fused-ring (bicyclic) bond motifs is 4. The van der Waals surface area contributed by atoms with Crippen LogP contribution in [-0.4, -0.2) is 149 Å². The molecular formula is C68H90O18S3. The Kier molecular flexibility index (Phi) is 17.9. The third-order valence-corrected chi connectivity index (χ3v) is 26.8. The number of rotatable bonds is 25. The van der Waals surface area contributed by atoms with Gasteiger partial charge in [0.05, 0.1) is 77.2 Å². The first-order valence-corrected chi connectivity index (χ1v) is 35.3. The second-order valence-corrected chi connectivity index (χ2v) is 31.9. The van der Waals surface area contributed by atoms with Crippen LogP contribution >= 0.6 is 32.9 Å². The number of carbonyl (C=O) groups excluding carboxylic acids is 5. The van der Waals surface area contributed by atoms with Gasteiger partial charge >= 0.3 is 17.9 Å². The highest BCUT2D eigenvalue weighted by atomic mass is 32.9. The number of carbonyl (C=O) groups is 5. The summed E-state index contributed by atoms with van der Waals surface area (Å²) in [6, 6.07) is 9.98. The minimum absolute atomic E-state index is 0.0207. The zero-order chi connectivity index (χ0) is 63.3. The predicted molar refractivity (Wildman–Crippen MR) is 329 cm³/mol. The number of aliphatic hydroxyl groups is 5. The Balaban J connectivity index is 0.598. The fraction of sp³-hybridized carbons (Fsp3) is 0.735. The van der Waals surface area contributed by atoms with Crippen LogP contribution in [0.15, 0.2) is 54.6 Å². The summed E-state index contributed by atoms with van der Waals surface area (Å²) in [5.41, 5.74) is -4.73. The lowest BCUT2D eigenvalue weighted by Crippen LogP contribution is -2.86. The molecule has 0 unspecified atom stereocenters. The quantitative estimate of drug-likeness (QED) is 0.0155. The van der Waals surface area contributed by atoms with E-state index in [0.29, 0.717) is 89.4 Å². The molecule has 18 nitrogen and oxygen atoms in total. The Morgan fingerprint density at radius 2 is 1.12 bits per heavy atom. The lowest BCUT2D eigenvalue weighted by atomic mass is 9.35. The van der Waals surface area contributed by atoms with Crippen LogP contribution < -0.4 is 4.74 Å². The Labute approximate surface area is 533 Å². The van der Waals surface area contributed by atoms with E-state index in [-0.39, 0.29) is 57.9 Å². The highest BCUT2D eigenvalue weighted by molar-refractivity contribution is 7.80. The molecule has 5 N–H and O–H groups in total. The van der Waals surface area contributed by atoms with Gasteiger partial charge in [-0.05, 0) is 166 Å². The van der Waals surface area contributed by atoms with E-state index in [0.717, 1.165) is 52.1 Å². The number of hydrogen-bond donors (Lipinski definition) is 5. The molecule has 18 atom stereocenters. The summed E-state index contributed by atoms with van der Waals surface area (Å²) < 4.78 is 50.1. The van der Waals surface area contributed by atoms with Crippen LogP contribution in [0.5, 0.6) is 5.75 Å². The molecule has 14 rings (SSSR count). The Hall–Kier alpha value is -3.84. The minimum atomic E-state index is -2.38. The van der Waals surface area contributed by atoms with Gasteiger partial charge in [0.1, 0.15) is 38.7 Å². The number of ether oxygens (including phenoxy) is 8. The van der Waals surface area contributed by atoms with Gasteiger partial charge < -0.3 is 63.4 Å². The smallest absolute Gasteiger partial charge is 0.308 e. The number of hydrogen-bond acceptors (Lipinski definition) is 21. The van der Waals surface area contributed by atoms with Crippen LogP contribution in [0.1, 0.15) is 150 Å². The molecule has 1 aromatic heterocycles. The maximum atomic E-state index is 14.9. The first-order chi connectivity index (χ1) is 42.4. The van der Waals surface area contributed by atoms with Gasteiger partial charge in [-0.3, -0.25) is 24.0 Å². The van der Waals surface area contributed by atoms with Crippen molar-refractivity contribution in [3.8, 4) is 16.2 Å². The van der Waals surface area contributed by atoms with Gasteiger partial charge in [-0.15, -0.1) is 0 Å². The first kappa shape index (κ1) is 65.2. The predicted octanol–water partition coefficient (Wildman–Crippen LogP) is 9.34. The minimum Gasteiger partial charge on any atom is -0.494 e. The summed E-state index contributed by atoms with van der Waals surface area (Å²) >= 11 is 5.26. The number of ketones is 2. The largest absolute Gasteiger partial charge is 0.494 e. The summed E-state index contributed by atoms with van der Waals surface area (Å²) in [6.07, 6.45) is 3.39. The van der Waals surface area contributed by atoms with Crippen molar-refractivity contribution >= 4 is 62.4 Å². The molecule has 0 radical (unpaired) electrons. The van der Waals surface area contributed by atoms with E-state index in [1.54, 1.807) is 20.7 Å². The number of Topliss-reactive ketones (excluding diaryl/α,β-unsaturated/α-hetero) is 2. The number of benzene rings is 1. The lowest BCUT2D eigenvalue weighted by molar-refractivity contribution is -0.459. The highest BCUT2D eigenvalue weighted by Gasteiger charge is 2.89. The van der Waals surface area contributed by atoms with Crippen molar-refractivity contribution in [1.82, 2.24) is 0 Å². The van der Waals surface area contributed by atoms with E-state index in [1.165, 1.54) is 0 Å². The van der Waals surface area contributed by atoms with Gasteiger partial charge in [0.2, 0.25) is 11.6 Å². The molecule has 4 spiro atoms. The topological polar surface area (TPSA) is 260 Å². The summed E-state index contributed by atoms with van der Waals surface area (Å²) in [4.78, 5) is 70.5. The van der Waals surface area contributed by atoms with Crippen molar-refractivity contribution < 1.29 is 87.4 Å². The van der Waals surface area contributed by atoms with Crippen LogP contribution in [0.4, 0.5) is 0 Å². The van der Waals surface area contributed by atoms with Gasteiger partial charge in [-0.1, -0.05) is 80.2 Å². The third-order valence-electron chi connectivity index (χ3n) is 23.9. The normalized spacial score (nSPS) is 39.8. The molecular weight excluding hydrogens is 1200 g/mol. The van der Waals surface area contributed by atoms with Crippen molar-refractivity contribution in [2.45, 2.75) is 198 Å². The fourth-order valence-electron chi connectivity index (χ4n) is 20.2.